The Kier molecular flexibility index (Phi) is 4.94. The van der Waals surface area contributed by atoms with Crippen LogP contribution in [0.2, 0.25) is 0 Å². The van der Waals surface area contributed by atoms with Crippen molar-refractivity contribution in [2.75, 3.05) is 18.8 Å². The molecule has 1 aromatic heterocycles. The van der Waals surface area contributed by atoms with E-state index in [-0.39, 0.29) is 5.75 Å². The highest BCUT2D eigenvalue weighted by molar-refractivity contribution is 9.10. The molecule has 1 aromatic carbocycles. The van der Waals surface area contributed by atoms with Gasteiger partial charge in [0.25, 0.3) is 0 Å². The number of aromatic nitrogens is 1. The standard InChI is InChI=1S/C17H21BrN2O2S/c1-19-10-2-4-16(19)17-5-3-11-20(17)12-13-23(21,22)15-8-6-14(18)7-9-15/h2,4,6-10,17H,3,5,11-13H2,1H3/p+1/t17-/m0/s1. The van der Waals surface area contributed by atoms with Crippen LogP contribution in [-0.2, 0) is 16.9 Å². The van der Waals surface area contributed by atoms with E-state index in [1.165, 1.54) is 10.6 Å². The van der Waals surface area contributed by atoms with Gasteiger partial charge in [-0.2, -0.15) is 0 Å². The number of nitrogens with one attached hydrogen (secondary N) is 1. The average Bonchev–Trinajstić information content (AvgIpc) is 3.14. The molecule has 0 amide bonds. The van der Waals surface area contributed by atoms with Crippen LogP contribution in [0.15, 0.2) is 52.0 Å². The molecule has 1 saturated heterocycles. The Morgan fingerprint density at radius 2 is 2.00 bits per heavy atom. The van der Waals surface area contributed by atoms with Crippen molar-refractivity contribution in [2.24, 2.45) is 7.05 Å². The number of hydrogen-bond acceptors (Lipinski definition) is 2. The first kappa shape index (κ1) is 16.7. The maximum Gasteiger partial charge on any atom is 0.183 e. The number of benzene rings is 1. The maximum atomic E-state index is 12.5. The average molecular weight is 398 g/mol. The van der Waals surface area contributed by atoms with Gasteiger partial charge in [-0.05, 0) is 36.4 Å². The topological polar surface area (TPSA) is 43.5 Å². The summed E-state index contributed by atoms with van der Waals surface area (Å²) in [6.45, 7) is 1.71. The van der Waals surface area contributed by atoms with Gasteiger partial charge in [-0.15, -0.1) is 0 Å². The molecule has 0 radical (unpaired) electrons. The number of nitrogens with zero attached hydrogens (tertiary/aromatic N) is 1. The lowest BCUT2D eigenvalue weighted by Gasteiger charge is -2.22. The molecule has 6 heteroatoms. The molecular weight excluding hydrogens is 376 g/mol. The molecule has 0 aliphatic carbocycles. The zero-order valence-electron chi connectivity index (χ0n) is 13.2. The minimum Gasteiger partial charge on any atom is -0.350 e. The summed E-state index contributed by atoms with van der Waals surface area (Å²) >= 11 is 3.34. The highest BCUT2D eigenvalue weighted by atomic mass is 79.9. The fourth-order valence-electron chi connectivity index (χ4n) is 3.43. The number of likely N-dealkylation sites (tertiary alicyclic amines) is 1. The predicted molar refractivity (Wildman–Crippen MR) is 94.3 cm³/mol. The van der Waals surface area contributed by atoms with Crippen molar-refractivity contribution >= 4 is 25.8 Å². The molecule has 1 unspecified atom stereocenters. The van der Waals surface area contributed by atoms with Gasteiger partial charge in [0.15, 0.2) is 9.84 Å². The van der Waals surface area contributed by atoms with Gasteiger partial charge in [-0.3, -0.25) is 0 Å². The number of aryl methyl sites for hydroxylation is 1. The molecule has 2 atom stereocenters. The molecule has 0 saturated carbocycles. The Balaban J connectivity index is 1.69. The monoisotopic (exact) mass is 397 g/mol. The Hall–Kier alpha value is -1.11. The van der Waals surface area contributed by atoms with Gasteiger partial charge in [-0.25, -0.2) is 8.42 Å². The smallest absolute Gasteiger partial charge is 0.183 e. The van der Waals surface area contributed by atoms with Crippen molar-refractivity contribution in [2.45, 2.75) is 23.8 Å². The number of sulfone groups is 1. The Labute approximate surface area is 146 Å². The molecule has 1 N–H and O–H groups in total. The number of hydrogen-bond donors (Lipinski definition) is 1. The van der Waals surface area contributed by atoms with E-state index >= 15 is 0 Å². The first-order valence-electron chi connectivity index (χ1n) is 7.91. The number of rotatable bonds is 5. The lowest BCUT2D eigenvalue weighted by Crippen LogP contribution is -3.11. The van der Waals surface area contributed by atoms with Gasteiger partial charge in [-0.1, -0.05) is 15.9 Å². The van der Waals surface area contributed by atoms with Gasteiger partial charge in [0.2, 0.25) is 0 Å². The van der Waals surface area contributed by atoms with Crippen molar-refractivity contribution in [1.82, 2.24) is 4.57 Å². The predicted octanol–water partition coefficient (Wildman–Crippen LogP) is 1.98. The summed E-state index contributed by atoms with van der Waals surface area (Å²) in [6, 6.07) is 11.5. The van der Waals surface area contributed by atoms with Crippen LogP contribution in [0, 0.1) is 0 Å². The Morgan fingerprint density at radius 1 is 1.26 bits per heavy atom. The van der Waals surface area contributed by atoms with E-state index in [2.05, 4.69) is 45.9 Å². The van der Waals surface area contributed by atoms with Crippen LogP contribution in [0.1, 0.15) is 24.6 Å². The molecule has 0 spiro atoms. The lowest BCUT2D eigenvalue weighted by atomic mass is 10.1. The van der Waals surface area contributed by atoms with Crippen LogP contribution in [0.3, 0.4) is 0 Å². The van der Waals surface area contributed by atoms with E-state index < -0.39 is 9.84 Å². The van der Waals surface area contributed by atoms with E-state index in [9.17, 15) is 8.42 Å². The first-order valence-corrected chi connectivity index (χ1v) is 10.4. The van der Waals surface area contributed by atoms with Crippen LogP contribution in [0.4, 0.5) is 0 Å². The van der Waals surface area contributed by atoms with Crippen LogP contribution in [-0.4, -0.2) is 31.8 Å². The van der Waals surface area contributed by atoms with E-state index in [1.807, 2.05) is 0 Å². The van der Waals surface area contributed by atoms with Gasteiger partial charge in [0.05, 0.1) is 23.7 Å². The second-order valence-corrected chi connectivity index (χ2v) is 9.19. The highest BCUT2D eigenvalue weighted by Crippen LogP contribution is 2.19. The summed E-state index contributed by atoms with van der Waals surface area (Å²) in [6.07, 6.45) is 4.35. The summed E-state index contributed by atoms with van der Waals surface area (Å²) in [5, 5.41) is 0. The molecule has 2 aromatic rings. The molecule has 2 heterocycles. The molecule has 1 aliphatic heterocycles. The first-order chi connectivity index (χ1) is 11.0. The second-order valence-electron chi connectivity index (χ2n) is 6.17. The molecule has 0 bridgehead atoms. The zero-order chi connectivity index (χ0) is 16.4. The SMILES string of the molecule is Cn1cccc1[C@@H]1CCC[NH+]1CCS(=O)(=O)c1ccc(Br)cc1. The fraction of sp³-hybridized carbons (Fsp3) is 0.412. The third kappa shape index (κ3) is 3.70. The third-order valence-electron chi connectivity index (χ3n) is 4.69. The minimum atomic E-state index is -3.22. The second kappa shape index (κ2) is 6.79. The summed E-state index contributed by atoms with van der Waals surface area (Å²) in [7, 11) is -1.16. The minimum absolute atomic E-state index is 0.199. The summed E-state index contributed by atoms with van der Waals surface area (Å²) in [4.78, 5) is 1.79. The normalized spacial score (nSPS) is 21.7. The molecule has 4 nitrogen and oxygen atoms in total. The quantitative estimate of drug-likeness (QED) is 0.837. The van der Waals surface area contributed by atoms with Gasteiger partial charge >= 0.3 is 0 Å². The van der Waals surface area contributed by atoms with E-state index in [4.69, 9.17) is 0 Å². The highest BCUT2D eigenvalue weighted by Gasteiger charge is 2.32. The van der Waals surface area contributed by atoms with Gasteiger partial charge in [0, 0.05) is 30.6 Å². The summed E-state index contributed by atoms with van der Waals surface area (Å²) < 4.78 is 28.1. The summed E-state index contributed by atoms with van der Waals surface area (Å²) in [5.41, 5.74) is 1.30. The van der Waals surface area contributed by atoms with Crippen molar-refractivity contribution in [3.63, 3.8) is 0 Å². The molecule has 1 aliphatic rings. The van der Waals surface area contributed by atoms with E-state index in [1.54, 1.807) is 24.3 Å². The largest absolute Gasteiger partial charge is 0.350 e. The molecule has 1 fully saturated rings. The van der Waals surface area contributed by atoms with E-state index in [0.29, 0.717) is 17.5 Å². The molecule has 3 rings (SSSR count). The number of halogens is 1. The van der Waals surface area contributed by atoms with Crippen LogP contribution in [0.25, 0.3) is 0 Å². The maximum absolute atomic E-state index is 12.5. The molecular formula is C17H22BrN2O2S+. The fourth-order valence-corrected chi connectivity index (χ4v) is 5.01. The summed E-state index contributed by atoms with van der Waals surface area (Å²) in [5.74, 6) is 0.199. The van der Waals surface area contributed by atoms with Crippen molar-refractivity contribution in [3.05, 3.63) is 52.8 Å². The van der Waals surface area contributed by atoms with Crippen LogP contribution < -0.4 is 4.90 Å². The zero-order valence-corrected chi connectivity index (χ0v) is 15.6. The third-order valence-corrected chi connectivity index (χ3v) is 6.95. The molecule has 124 valence electrons. The lowest BCUT2D eigenvalue weighted by molar-refractivity contribution is -0.916. The van der Waals surface area contributed by atoms with Crippen molar-refractivity contribution < 1.29 is 13.3 Å². The van der Waals surface area contributed by atoms with Crippen molar-refractivity contribution in [3.8, 4) is 0 Å². The van der Waals surface area contributed by atoms with Crippen LogP contribution in [0.5, 0.6) is 0 Å². The van der Waals surface area contributed by atoms with Crippen molar-refractivity contribution in [1.29, 1.82) is 0 Å². The molecule has 23 heavy (non-hydrogen) atoms. The van der Waals surface area contributed by atoms with Crippen LogP contribution >= 0.6 is 15.9 Å². The Morgan fingerprint density at radius 3 is 2.65 bits per heavy atom. The Bertz CT molecular complexity index is 768. The number of quaternary nitrogens is 1. The van der Waals surface area contributed by atoms with E-state index in [0.717, 1.165) is 23.9 Å². The van der Waals surface area contributed by atoms with Gasteiger partial charge < -0.3 is 9.47 Å². The van der Waals surface area contributed by atoms with Gasteiger partial charge in [0.1, 0.15) is 11.8 Å².